The second kappa shape index (κ2) is 8.57. The summed E-state index contributed by atoms with van der Waals surface area (Å²) in [6, 6.07) is 9.23. The van der Waals surface area contributed by atoms with E-state index in [-0.39, 0.29) is 0 Å². The molecule has 17 heavy (non-hydrogen) atoms. The van der Waals surface area contributed by atoms with Crippen LogP contribution in [0, 0.1) is 11.3 Å². The van der Waals surface area contributed by atoms with Crippen LogP contribution >= 0.6 is 0 Å². The minimum Gasteiger partial charge on any atom is -0.494 e. The standard InChI is InChI=1S/C13H19N3O/c14-7-1-8-16-9-2-10-17-13-5-3-12(11-15)4-6-13/h3-6,16H,1-2,7-10,14H2. The van der Waals surface area contributed by atoms with Crippen molar-refractivity contribution in [3.63, 3.8) is 0 Å². The molecule has 0 unspecified atom stereocenters. The molecular weight excluding hydrogens is 214 g/mol. The first kappa shape index (κ1) is 13.5. The van der Waals surface area contributed by atoms with Crippen LogP contribution in [0.15, 0.2) is 24.3 Å². The summed E-state index contributed by atoms with van der Waals surface area (Å²) in [5.74, 6) is 0.811. The van der Waals surface area contributed by atoms with Crippen molar-refractivity contribution < 1.29 is 4.74 Å². The van der Waals surface area contributed by atoms with Crippen molar-refractivity contribution in [2.75, 3.05) is 26.2 Å². The van der Waals surface area contributed by atoms with E-state index in [0.717, 1.165) is 38.2 Å². The number of ether oxygens (including phenoxy) is 1. The van der Waals surface area contributed by atoms with Gasteiger partial charge in [-0.25, -0.2) is 0 Å². The topological polar surface area (TPSA) is 71.1 Å². The van der Waals surface area contributed by atoms with E-state index < -0.39 is 0 Å². The molecule has 4 nitrogen and oxygen atoms in total. The fraction of sp³-hybridized carbons (Fsp3) is 0.462. The second-order valence-electron chi connectivity index (χ2n) is 3.73. The van der Waals surface area contributed by atoms with Gasteiger partial charge in [0.05, 0.1) is 18.2 Å². The maximum Gasteiger partial charge on any atom is 0.119 e. The summed E-state index contributed by atoms with van der Waals surface area (Å²) < 4.78 is 5.54. The van der Waals surface area contributed by atoms with Crippen LogP contribution in [0.2, 0.25) is 0 Å². The molecule has 0 aliphatic carbocycles. The Kier molecular flexibility index (Phi) is 6.80. The minimum absolute atomic E-state index is 0.654. The van der Waals surface area contributed by atoms with Crippen molar-refractivity contribution in [3.05, 3.63) is 29.8 Å². The van der Waals surface area contributed by atoms with Crippen LogP contribution in [-0.4, -0.2) is 26.2 Å². The smallest absolute Gasteiger partial charge is 0.119 e. The Bertz CT molecular complexity index is 343. The molecule has 1 aromatic rings. The predicted octanol–water partition coefficient (Wildman–Crippen LogP) is 1.27. The molecule has 0 aliphatic rings. The van der Waals surface area contributed by atoms with Gasteiger partial charge in [0, 0.05) is 0 Å². The molecule has 0 aliphatic heterocycles. The zero-order chi connectivity index (χ0) is 12.3. The van der Waals surface area contributed by atoms with Crippen molar-refractivity contribution in [1.29, 1.82) is 5.26 Å². The Balaban J connectivity index is 2.08. The van der Waals surface area contributed by atoms with Crippen LogP contribution in [0.5, 0.6) is 5.75 Å². The van der Waals surface area contributed by atoms with Gasteiger partial charge >= 0.3 is 0 Å². The monoisotopic (exact) mass is 233 g/mol. The lowest BCUT2D eigenvalue weighted by Gasteiger charge is -2.06. The molecule has 3 N–H and O–H groups in total. The Morgan fingerprint density at radius 3 is 2.53 bits per heavy atom. The van der Waals surface area contributed by atoms with Gasteiger partial charge in [-0.1, -0.05) is 0 Å². The van der Waals surface area contributed by atoms with Gasteiger partial charge in [0.1, 0.15) is 5.75 Å². The van der Waals surface area contributed by atoms with Gasteiger partial charge in [0.15, 0.2) is 0 Å². The van der Waals surface area contributed by atoms with Crippen LogP contribution in [-0.2, 0) is 0 Å². The zero-order valence-electron chi connectivity index (χ0n) is 9.98. The van der Waals surface area contributed by atoms with E-state index in [1.54, 1.807) is 12.1 Å². The highest BCUT2D eigenvalue weighted by atomic mass is 16.5. The molecule has 4 heteroatoms. The number of hydrogen-bond donors (Lipinski definition) is 2. The quantitative estimate of drug-likeness (QED) is 0.663. The van der Waals surface area contributed by atoms with E-state index >= 15 is 0 Å². The third-order valence-electron chi connectivity index (χ3n) is 2.31. The molecule has 0 spiro atoms. The molecule has 0 saturated carbocycles. The number of hydrogen-bond acceptors (Lipinski definition) is 4. The van der Waals surface area contributed by atoms with E-state index in [9.17, 15) is 0 Å². The van der Waals surface area contributed by atoms with E-state index in [4.69, 9.17) is 15.7 Å². The lowest BCUT2D eigenvalue weighted by Crippen LogP contribution is -2.20. The molecule has 1 rings (SSSR count). The van der Waals surface area contributed by atoms with Crippen molar-refractivity contribution in [2.45, 2.75) is 12.8 Å². The Labute approximate surface area is 102 Å². The summed E-state index contributed by atoms with van der Waals surface area (Å²) in [6.45, 7) is 3.32. The first-order valence-electron chi connectivity index (χ1n) is 5.90. The number of nitrogens with zero attached hydrogens (tertiary/aromatic N) is 1. The Hall–Kier alpha value is -1.57. The summed E-state index contributed by atoms with van der Waals surface area (Å²) in [5, 5.41) is 11.9. The molecule has 0 saturated heterocycles. The van der Waals surface area contributed by atoms with Crippen LogP contribution < -0.4 is 15.8 Å². The lowest BCUT2D eigenvalue weighted by molar-refractivity contribution is 0.308. The summed E-state index contributed by atoms with van der Waals surface area (Å²) >= 11 is 0. The SMILES string of the molecule is N#Cc1ccc(OCCCNCCCN)cc1. The first-order chi connectivity index (χ1) is 8.36. The molecule has 0 bridgehead atoms. The summed E-state index contributed by atoms with van der Waals surface area (Å²) in [4.78, 5) is 0. The van der Waals surface area contributed by atoms with Gasteiger partial charge < -0.3 is 15.8 Å². The van der Waals surface area contributed by atoms with Crippen molar-refractivity contribution in [2.24, 2.45) is 5.73 Å². The van der Waals surface area contributed by atoms with Gasteiger partial charge in [-0.3, -0.25) is 0 Å². The van der Waals surface area contributed by atoms with Crippen molar-refractivity contribution in [1.82, 2.24) is 5.32 Å². The number of nitriles is 1. The van der Waals surface area contributed by atoms with Crippen LogP contribution in [0.1, 0.15) is 18.4 Å². The third-order valence-corrected chi connectivity index (χ3v) is 2.31. The first-order valence-corrected chi connectivity index (χ1v) is 5.90. The maximum absolute atomic E-state index is 8.64. The molecular formula is C13H19N3O. The summed E-state index contributed by atoms with van der Waals surface area (Å²) in [7, 11) is 0. The van der Waals surface area contributed by atoms with E-state index in [1.165, 1.54) is 0 Å². The average molecular weight is 233 g/mol. The zero-order valence-corrected chi connectivity index (χ0v) is 9.98. The van der Waals surface area contributed by atoms with Crippen molar-refractivity contribution in [3.8, 4) is 11.8 Å². The van der Waals surface area contributed by atoms with Gasteiger partial charge in [-0.2, -0.15) is 5.26 Å². The second-order valence-corrected chi connectivity index (χ2v) is 3.73. The minimum atomic E-state index is 0.654. The normalized spacial score (nSPS) is 9.88. The molecule has 1 aromatic carbocycles. The lowest BCUT2D eigenvalue weighted by atomic mass is 10.2. The maximum atomic E-state index is 8.64. The van der Waals surface area contributed by atoms with Gasteiger partial charge in [-0.15, -0.1) is 0 Å². The predicted molar refractivity (Wildman–Crippen MR) is 67.8 cm³/mol. The van der Waals surface area contributed by atoms with Gasteiger partial charge in [0.25, 0.3) is 0 Å². The van der Waals surface area contributed by atoms with Crippen LogP contribution in [0.25, 0.3) is 0 Å². The summed E-state index contributed by atoms with van der Waals surface area (Å²) in [5.41, 5.74) is 6.03. The van der Waals surface area contributed by atoms with E-state index in [2.05, 4.69) is 11.4 Å². The largest absolute Gasteiger partial charge is 0.494 e. The molecule has 0 radical (unpaired) electrons. The number of nitrogens with two attached hydrogens (primary N) is 1. The van der Waals surface area contributed by atoms with Crippen molar-refractivity contribution >= 4 is 0 Å². The highest BCUT2D eigenvalue weighted by Gasteiger charge is 1.94. The Morgan fingerprint density at radius 1 is 1.18 bits per heavy atom. The highest BCUT2D eigenvalue weighted by Crippen LogP contribution is 2.11. The number of rotatable bonds is 8. The van der Waals surface area contributed by atoms with E-state index in [1.807, 2.05) is 12.1 Å². The molecule has 92 valence electrons. The van der Waals surface area contributed by atoms with Gasteiger partial charge in [0.2, 0.25) is 0 Å². The van der Waals surface area contributed by atoms with E-state index in [0.29, 0.717) is 12.2 Å². The number of nitrogens with one attached hydrogen (secondary N) is 1. The van der Waals surface area contributed by atoms with Crippen LogP contribution in [0.3, 0.4) is 0 Å². The highest BCUT2D eigenvalue weighted by molar-refractivity contribution is 5.34. The molecule has 0 aromatic heterocycles. The Morgan fingerprint density at radius 2 is 1.88 bits per heavy atom. The molecule has 0 heterocycles. The molecule has 0 atom stereocenters. The number of benzene rings is 1. The fourth-order valence-electron chi connectivity index (χ4n) is 1.36. The van der Waals surface area contributed by atoms with Crippen LogP contribution in [0.4, 0.5) is 0 Å². The molecule has 0 amide bonds. The average Bonchev–Trinajstić information content (AvgIpc) is 2.38. The summed E-state index contributed by atoms with van der Waals surface area (Å²) in [6.07, 6.45) is 1.97. The third kappa shape index (κ3) is 5.91. The molecule has 0 fully saturated rings. The van der Waals surface area contributed by atoms with Gasteiger partial charge in [-0.05, 0) is 56.7 Å². The fourth-order valence-corrected chi connectivity index (χ4v) is 1.36.